The Hall–Kier alpha value is -2.89. The number of primary amides is 1. The van der Waals surface area contributed by atoms with Crippen LogP contribution >= 0.6 is 0 Å². The third-order valence-corrected chi connectivity index (χ3v) is 4.59. The minimum atomic E-state index is -0.487. The second-order valence-corrected chi connectivity index (χ2v) is 6.27. The largest absolute Gasteiger partial charge is 0.384 e. The highest BCUT2D eigenvalue weighted by atomic mass is 16.2. The lowest BCUT2D eigenvalue weighted by molar-refractivity contribution is 0.0694. The molecule has 0 saturated carbocycles. The monoisotopic (exact) mass is 338 g/mol. The number of anilines is 1. The summed E-state index contributed by atoms with van der Waals surface area (Å²) >= 11 is 0. The van der Waals surface area contributed by atoms with Crippen molar-refractivity contribution in [2.24, 2.45) is 11.7 Å². The third kappa shape index (κ3) is 4.15. The maximum Gasteiger partial charge on any atom is 0.253 e. The standard InChI is InChI=1S/C19H22N4O2/c20-18(24)16-13-21-9-6-17(16)22-12-14-7-10-23(11-8-14)19(25)15-4-2-1-3-5-15/h1-6,9,13-14H,7-8,10-12H2,(H2,20,24)(H,21,22). The van der Waals surface area contributed by atoms with Gasteiger partial charge in [-0.05, 0) is 37.0 Å². The fourth-order valence-electron chi connectivity index (χ4n) is 3.10. The Kier molecular flexibility index (Phi) is 5.28. The number of nitrogens with zero attached hydrogens (tertiary/aromatic N) is 2. The normalized spacial score (nSPS) is 15.0. The van der Waals surface area contributed by atoms with Gasteiger partial charge in [-0.3, -0.25) is 14.6 Å². The first-order valence-electron chi connectivity index (χ1n) is 8.47. The molecule has 2 amide bonds. The zero-order chi connectivity index (χ0) is 17.6. The number of hydrogen-bond acceptors (Lipinski definition) is 4. The van der Waals surface area contributed by atoms with Crippen LogP contribution in [0.15, 0.2) is 48.8 Å². The van der Waals surface area contributed by atoms with E-state index < -0.39 is 5.91 Å². The van der Waals surface area contributed by atoms with E-state index in [1.807, 2.05) is 35.2 Å². The molecule has 25 heavy (non-hydrogen) atoms. The maximum absolute atomic E-state index is 12.5. The molecule has 1 fully saturated rings. The van der Waals surface area contributed by atoms with Crippen molar-refractivity contribution in [3.05, 3.63) is 59.9 Å². The number of amides is 2. The van der Waals surface area contributed by atoms with Crippen LogP contribution in [0.3, 0.4) is 0 Å². The Labute approximate surface area is 147 Å². The van der Waals surface area contributed by atoms with Crippen LogP contribution in [0.5, 0.6) is 0 Å². The second-order valence-electron chi connectivity index (χ2n) is 6.27. The molecule has 130 valence electrons. The molecule has 3 N–H and O–H groups in total. The van der Waals surface area contributed by atoms with Crippen molar-refractivity contribution in [3.8, 4) is 0 Å². The molecule has 1 aliphatic rings. The predicted octanol–water partition coefficient (Wildman–Crippen LogP) is 2.14. The molecule has 0 spiro atoms. The fourth-order valence-corrected chi connectivity index (χ4v) is 3.10. The second kappa shape index (κ2) is 7.79. The summed E-state index contributed by atoms with van der Waals surface area (Å²) in [4.78, 5) is 29.7. The maximum atomic E-state index is 12.5. The zero-order valence-electron chi connectivity index (χ0n) is 14.0. The van der Waals surface area contributed by atoms with Crippen LogP contribution in [0, 0.1) is 5.92 Å². The van der Waals surface area contributed by atoms with Crippen molar-refractivity contribution in [2.45, 2.75) is 12.8 Å². The summed E-state index contributed by atoms with van der Waals surface area (Å²) in [5.41, 5.74) is 7.22. The van der Waals surface area contributed by atoms with Crippen LogP contribution in [0.2, 0.25) is 0 Å². The van der Waals surface area contributed by atoms with Gasteiger partial charge < -0.3 is 16.0 Å². The molecule has 1 aliphatic heterocycles. The Balaban J connectivity index is 1.52. The van der Waals surface area contributed by atoms with Gasteiger partial charge in [0.2, 0.25) is 0 Å². The lowest BCUT2D eigenvalue weighted by Gasteiger charge is -2.32. The number of nitrogens with two attached hydrogens (primary N) is 1. The molecule has 3 rings (SSSR count). The molecule has 2 aromatic rings. The van der Waals surface area contributed by atoms with Gasteiger partial charge in [-0.15, -0.1) is 0 Å². The van der Waals surface area contributed by atoms with Gasteiger partial charge in [0.25, 0.3) is 11.8 Å². The van der Waals surface area contributed by atoms with Crippen molar-refractivity contribution in [1.82, 2.24) is 9.88 Å². The molecular formula is C19H22N4O2. The molecule has 0 atom stereocenters. The summed E-state index contributed by atoms with van der Waals surface area (Å²) in [7, 11) is 0. The summed E-state index contributed by atoms with van der Waals surface area (Å²) < 4.78 is 0. The van der Waals surface area contributed by atoms with E-state index >= 15 is 0 Å². The van der Waals surface area contributed by atoms with Crippen LogP contribution in [0.1, 0.15) is 33.6 Å². The van der Waals surface area contributed by atoms with Crippen LogP contribution in [0.25, 0.3) is 0 Å². The van der Waals surface area contributed by atoms with E-state index in [0.29, 0.717) is 17.2 Å². The molecular weight excluding hydrogens is 316 g/mol. The lowest BCUT2D eigenvalue weighted by Crippen LogP contribution is -2.40. The van der Waals surface area contributed by atoms with Crippen LogP contribution in [-0.4, -0.2) is 41.3 Å². The van der Waals surface area contributed by atoms with Crippen molar-refractivity contribution < 1.29 is 9.59 Å². The van der Waals surface area contributed by atoms with Gasteiger partial charge in [0, 0.05) is 37.6 Å². The lowest BCUT2D eigenvalue weighted by atomic mass is 9.96. The molecule has 0 radical (unpaired) electrons. The van der Waals surface area contributed by atoms with Gasteiger partial charge in [-0.2, -0.15) is 0 Å². The average Bonchev–Trinajstić information content (AvgIpc) is 2.67. The van der Waals surface area contributed by atoms with Gasteiger partial charge in [-0.1, -0.05) is 18.2 Å². The molecule has 0 aliphatic carbocycles. The minimum Gasteiger partial charge on any atom is -0.384 e. The number of rotatable bonds is 5. The van der Waals surface area contributed by atoms with Crippen LogP contribution < -0.4 is 11.1 Å². The number of carbonyl (C=O) groups is 2. The Morgan fingerprint density at radius 2 is 1.88 bits per heavy atom. The quantitative estimate of drug-likeness (QED) is 0.874. The van der Waals surface area contributed by atoms with Crippen molar-refractivity contribution in [1.29, 1.82) is 0 Å². The molecule has 0 bridgehead atoms. The molecule has 0 unspecified atom stereocenters. The van der Waals surface area contributed by atoms with E-state index in [1.54, 1.807) is 12.3 Å². The SMILES string of the molecule is NC(=O)c1cnccc1NCC1CCN(C(=O)c2ccccc2)CC1. The fraction of sp³-hybridized carbons (Fsp3) is 0.316. The number of carbonyl (C=O) groups excluding carboxylic acids is 2. The predicted molar refractivity (Wildman–Crippen MR) is 96.3 cm³/mol. The summed E-state index contributed by atoms with van der Waals surface area (Å²) in [5.74, 6) is 0.0600. The molecule has 2 heterocycles. The van der Waals surface area contributed by atoms with E-state index in [4.69, 9.17) is 5.73 Å². The molecule has 1 aromatic heterocycles. The number of piperidine rings is 1. The number of benzene rings is 1. The molecule has 6 nitrogen and oxygen atoms in total. The average molecular weight is 338 g/mol. The van der Waals surface area contributed by atoms with Gasteiger partial charge in [-0.25, -0.2) is 0 Å². The highest BCUT2D eigenvalue weighted by Crippen LogP contribution is 2.21. The Morgan fingerprint density at radius 1 is 1.16 bits per heavy atom. The number of pyridine rings is 1. The smallest absolute Gasteiger partial charge is 0.253 e. The molecule has 1 aromatic carbocycles. The number of nitrogens with one attached hydrogen (secondary N) is 1. The Bertz CT molecular complexity index is 740. The van der Waals surface area contributed by atoms with Gasteiger partial charge >= 0.3 is 0 Å². The summed E-state index contributed by atoms with van der Waals surface area (Å²) in [6.07, 6.45) is 4.98. The summed E-state index contributed by atoms with van der Waals surface area (Å²) in [6.45, 7) is 2.25. The molecule has 6 heteroatoms. The topological polar surface area (TPSA) is 88.3 Å². The van der Waals surface area contributed by atoms with Crippen molar-refractivity contribution in [3.63, 3.8) is 0 Å². The molecule has 1 saturated heterocycles. The van der Waals surface area contributed by atoms with E-state index in [9.17, 15) is 9.59 Å². The van der Waals surface area contributed by atoms with E-state index in [2.05, 4.69) is 10.3 Å². The van der Waals surface area contributed by atoms with E-state index in [1.165, 1.54) is 6.20 Å². The zero-order valence-corrected chi connectivity index (χ0v) is 14.0. The number of aromatic nitrogens is 1. The minimum absolute atomic E-state index is 0.0946. The first-order valence-corrected chi connectivity index (χ1v) is 8.47. The van der Waals surface area contributed by atoms with Crippen molar-refractivity contribution in [2.75, 3.05) is 25.0 Å². The number of hydrogen-bond donors (Lipinski definition) is 2. The Morgan fingerprint density at radius 3 is 2.56 bits per heavy atom. The summed E-state index contributed by atoms with van der Waals surface area (Å²) in [6, 6.07) is 11.1. The number of likely N-dealkylation sites (tertiary alicyclic amines) is 1. The first kappa shape index (κ1) is 17.0. The van der Waals surface area contributed by atoms with Gasteiger partial charge in [0.1, 0.15) is 0 Å². The highest BCUT2D eigenvalue weighted by molar-refractivity contribution is 5.98. The van der Waals surface area contributed by atoms with E-state index in [0.717, 1.165) is 38.0 Å². The third-order valence-electron chi connectivity index (χ3n) is 4.59. The van der Waals surface area contributed by atoms with Crippen LogP contribution in [0.4, 0.5) is 5.69 Å². The van der Waals surface area contributed by atoms with Gasteiger partial charge in [0.05, 0.1) is 11.3 Å². The highest BCUT2D eigenvalue weighted by Gasteiger charge is 2.23. The van der Waals surface area contributed by atoms with Crippen molar-refractivity contribution >= 4 is 17.5 Å². The van der Waals surface area contributed by atoms with E-state index in [-0.39, 0.29) is 5.91 Å². The van der Waals surface area contributed by atoms with Gasteiger partial charge in [0.15, 0.2) is 0 Å². The summed E-state index contributed by atoms with van der Waals surface area (Å²) in [5, 5.41) is 3.30. The first-order chi connectivity index (χ1) is 12.1. The van der Waals surface area contributed by atoms with Crippen LogP contribution in [-0.2, 0) is 0 Å².